The lowest BCUT2D eigenvalue weighted by atomic mass is 10.1. The van der Waals surface area contributed by atoms with Crippen molar-refractivity contribution in [3.05, 3.63) is 33.4 Å². The Hall–Kier alpha value is -1.23. The van der Waals surface area contributed by atoms with Gasteiger partial charge in [0.1, 0.15) is 5.65 Å². The molecular formula is C10H10BrN3O. The average Bonchev–Trinajstić information content (AvgIpc) is 2.55. The van der Waals surface area contributed by atoms with Crippen molar-refractivity contribution < 1.29 is 0 Å². The molecule has 0 fully saturated rings. The van der Waals surface area contributed by atoms with Gasteiger partial charge in [0.15, 0.2) is 0 Å². The molecule has 0 N–H and O–H groups in total. The molecule has 0 saturated carbocycles. The second-order valence-electron chi connectivity index (χ2n) is 3.64. The second kappa shape index (κ2) is 3.73. The standard InChI is InChI=1S/C10H10BrN3O/c1-6(2)9-10(13-15)14-4-3-7(11)5-8(14)12-9/h3-6H,1-2H3. The summed E-state index contributed by atoms with van der Waals surface area (Å²) < 4.78 is 2.64. The third-order valence-electron chi connectivity index (χ3n) is 2.22. The SMILES string of the molecule is CC(C)c1nc2cc(Br)ccn2c1N=O. The fraction of sp³-hybridized carbons (Fsp3) is 0.300. The Morgan fingerprint density at radius 2 is 2.27 bits per heavy atom. The first kappa shape index (κ1) is 10.3. The van der Waals surface area contributed by atoms with Crippen molar-refractivity contribution in [2.24, 2.45) is 5.18 Å². The van der Waals surface area contributed by atoms with E-state index in [4.69, 9.17) is 0 Å². The summed E-state index contributed by atoms with van der Waals surface area (Å²) in [6.45, 7) is 3.98. The van der Waals surface area contributed by atoms with Gasteiger partial charge in [0.25, 0.3) is 0 Å². The number of aromatic nitrogens is 2. The van der Waals surface area contributed by atoms with Gasteiger partial charge < -0.3 is 0 Å². The number of hydrogen-bond acceptors (Lipinski definition) is 3. The number of imidazole rings is 1. The predicted molar refractivity (Wildman–Crippen MR) is 62.4 cm³/mol. The average molecular weight is 268 g/mol. The minimum absolute atomic E-state index is 0.191. The highest BCUT2D eigenvalue weighted by Gasteiger charge is 2.15. The predicted octanol–water partition coefficient (Wildman–Crippen LogP) is 3.62. The van der Waals surface area contributed by atoms with Crippen molar-refractivity contribution in [3.8, 4) is 0 Å². The Kier molecular flexibility index (Phi) is 2.56. The van der Waals surface area contributed by atoms with Crippen LogP contribution in [0, 0.1) is 4.91 Å². The van der Waals surface area contributed by atoms with Crippen LogP contribution in [0.5, 0.6) is 0 Å². The molecule has 0 aliphatic rings. The zero-order valence-corrected chi connectivity index (χ0v) is 10.0. The van der Waals surface area contributed by atoms with Crippen LogP contribution in [-0.4, -0.2) is 9.38 Å². The van der Waals surface area contributed by atoms with E-state index in [0.717, 1.165) is 15.8 Å². The fourth-order valence-electron chi connectivity index (χ4n) is 1.50. The molecular weight excluding hydrogens is 258 g/mol. The van der Waals surface area contributed by atoms with Crippen LogP contribution in [0.2, 0.25) is 0 Å². The minimum Gasteiger partial charge on any atom is -0.281 e. The molecule has 0 aliphatic heterocycles. The van der Waals surface area contributed by atoms with Crippen molar-refractivity contribution in [1.29, 1.82) is 0 Å². The van der Waals surface area contributed by atoms with Crippen LogP contribution in [0.15, 0.2) is 28.0 Å². The molecule has 0 aromatic carbocycles. The molecule has 2 heterocycles. The molecule has 2 aromatic rings. The Balaban J connectivity index is 2.78. The molecule has 0 radical (unpaired) electrons. The van der Waals surface area contributed by atoms with E-state index in [0.29, 0.717) is 5.82 Å². The first-order valence-electron chi connectivity index (χ1n) is 4.64. The number of nitroso groups, excluding NO2 is 1. The van der Waals surface area contributed by atoms with Crippen LogP contribution in [0.1, 0.15) is 25.5 Å². The second-order valence-corrected chi connectivity index (χ2v) is 4.56. The molecule has 78 valence electrons. The Morgan fingerprint density at radius 1 is 1.53 bits per heavy atom. The molecule has 0 aliphatic carbocycles. The molecule has 2 rings (SSSR count). The van der Waals surface area contributed by atoms with Crippen LogP contribution in [-0.2, 0) is 0 Å². The molecule has 0 spiro atoms. The molecule has 0 bridgehead atoms. The van der Waals surface area contributed by atoms with Gasteiger partial charge in [0.2, 0.25) is 5.82 Å². The van der Waals surface area contributed by atoms with Gasteiger partial charge in [-0.25, -0.2) is 4.98 Å². The summed E-state index contributed by atoms with van der Waals surface area (Å²) in [5.74, 6) is 0.587. The highest BCUT2D eigenvalue weighted by Crippen LogP contribution is 2.28. The van der Waals surface area contributed by atoms with E-state index >= 15 is 0 Å². The summed E-state index contributed by atoms with van der Waals surface area (Å²) >= 11 is 3.36. The van der Waals surface area contributed by atoms with Crippen molar-refractivity contribution in [2.75, 3.05) is 0 Å². The maximum Gasteiger partial charge on any atom is 0.205 e. The van der Waals surface area contributed by atoms with E-state index < -0.39 is 0 Å². The first-order chi connectivity index (χ1) is 7.13. The minimum atomic E-state index is 0.191. The normalized spacial score (nSPS) is 11.2. The van der Waals surface area contributed by atoms with Gasteiger partial charge in [-0.2, -0.15) is 0 Å². The summed E-state index contributed by atoms with van der Waals surface area (Å²) in [7, 11) is 0. The Morgan fingerprint density at radius 3 is 2.87 bits per heavy atom. The highest BCUT2D eigenvalue weighted by molar-refractivity contribution is 9.10. The van der Waals surface area contributed by atoms with E-state index in [9.17, 15) is 4.91 Å². The molecule has 15 heavy (non-hydrogen) atoms. The zero-order valence-electron chi connectivity index (χ0n) is 8.44. The molecule has 2 aromatic heterocycles. The summed E-state index contributed by atoms with van der Waals surface area (Å²) in [4.78, 5) is 15.2. The lowest BCUT2D eigenvalue weighted by molar-refractivity contribution is 0.834. The van der Waals surface area contributed by atoms with Crippen molar-refractivity contribution in [2.45, 2.75) is 19.8 Å². The lowest BCUT2D eigenvalue weighted by Crippen LogP contribution is -1.87. The molecule has 0 unspecified atom stereocenters. The molecule has 5 heteroatoms. The summed E-state index contributed by atoms with van der Waals surface area (Å²) in [5.41, 5.74) is 1.48. The van der Waals surface area contributed by atoms with E-state index in [1.165, 1.54) is 0 Å². The number of nitrogens with zero attached hydrogens (tertiary/aromatic N) is 3. The molecule has 4 nitrogen and oxygen atoms in total. The first-order valence-corrected chi connectivity index (χ1v) is 5.43. The van der Waals surface area contributed by atoms with Gasteiger partial charge in [0.05, 0.1) is 5.69 Å². The Labute approximate surface area is 95.4 Å². The quantitative estimate of drug-likeness (QED) is 0.781. The van der Waals surface area contributed by atoms with Crippen LogP contribution in [0.3, 0.4) is 0 Å². The number of hydrogen-bond donors (Lipinski definition) is 0. The van der Waals surface area contributed by atoms with Crippen LogP contribution in [0.4, 0.5) is 5.82 Å². The van der Waals surface area contributed by atoms with Crippen LogP contribution < -0.4 is 0 Å². The molecule has 0 amide bonds. The van der Waals surface area contributed by atoms with Gasteiger partial charge in [-0.05, 0) is 23.2 Å². The largest absolute Gasteiger partial charge is 0.281 e. The van der Waals surface area contributed by atoms with Gasteiger partial charge in [0, 0.05) is 10.7 Å². The summed E-state index contributed by atoms with van der Waals surface area (Å²) in [5, 5.41) is 3.04. The summed E-state index contributed by atoms with van der Waals surface area (Å²) in [6.07, 6.45) is 1.79. The van der Waals surface area contributed by atoms with Crippen molar-refractivity contribution >= 4 is 27.4 Å². The van der Waals surface area contributed by atoms with Crippen molar-refractivity contribution in [1.82, 2.24) is 9.38 Å². The van der Waals surface area contributed by atoms with E-state index in [-0.39, 0.29) is 5.92 Å². The van der Waals surface area contributed by atoms with E-state index in [2.05, 4.69) is 26.1 Å². The Bertz CT molecular complexity index is 519. The fourth-order valence-corrected chi connectivity index (χ4v) is 1.83. The van der Waals surface area contributed by atoms with E-state index in [1.807, 2.05) is 26.0 Å². The highest BCUT2D eigenvalue weighted by atomic mass is 79.9. The van der Waals surface area contributed by atoms with Gasteiger partial charge in [-0.15, -0.1) is 4.91 Å². The lowest BCUT2D eigenvalue weighted by Gasteiger charge is -1.98. The van der Waals surface area contributed by atoms with Gasteiger partial charge in [-0.3, -0.25) is 4.40 Å². The van der Waals surface area contributed by atoms with Gasteiger partial charge >= 0.3 is 0 Å². The number of rotatable bonds is 2. The van der Waals surface area contributed by atoms with Crippen LogP contribution >= 0.6 is 15.9 Å². The number of pyridine rings is 1. The van der Waals surface area contributed by atoms with Gasteiger partial charge in [-0.1, -0.05) is 29.8 Å². The number of fused-ring (bicyclic) bond motifs is 1. The third kappa shape index (κ3) is 1.67. The molecule has 0 saturated heterocycles. The maximum atomic E-state index is 10.8. The monoisotopic (exact) mass is 267 g/mol. The maximum absolute atomic E-state index is 10.8. The third-order valence-corrected chi connectivity index (χ3v) is 2.72. The zero-order chi connectivity index (χ0) is 11.0. The van der Waals surface area contributed by atoms with E-state index in [1.54, 1.807) is 10.6 Å². The molecule has 0 atom stereocenters. The smallest absolute Gasteiger partial charge is 0.205 e. The topological polar surface area (TPSA) is 46.7 Å². The van der Waals surface area contributed by atoms with Crippen molar-refractivity contribution in [3.63, 3.8) is 0 Å². The van der Waals surface area contributed by atoms with Crippen LogP contribution in [0.25, 0.3) is 5.65 Å². The summed E-state index contributed by atoms with van der Waals surface area (Å²) in [6, 6.07) is 3.72. The number of halogens is 1.